The van der Waals surface area contributed by atoms with Crippen LogP contribution in [0, 0.1) is 5.82 Å². The smallest absolute Gasteiger partial charge is 0.143 e. The van der Waals surface area contributed by atoms with E-state index in [0.29, 0.717) is 23.1 Å². The zero-order valence-electron chi connectivity index (χ0n) is 7.59. The Kier molecular flexibility index (Phi) is 2.33. The number of hydrogen-bond donors (Lipinski definition) is 0. The fourth-order valence-electron chi connectivity index (χ4n) is 1.30. The molecule has 0 aliphatic heterocycles. The molecule has 0 fully saturated rings. The van der Waals surface area contributed by atoms with E-state index in [9.17, 15) is 4.39 Å². The maximum absolute atomic E-state index is 13.3. The summed E-state index contributed by atoms with van der Waals surface area (Å²) in [6, 6.07) is 4.69. The molecule has 0 amide bonds. The Balaban J connectivity index is 2.83. The fourth-order valence-corrected chi connectivity index (χ4v) is 1.59. The molecule has 0 N–H and O–H groups in total. The predicted molar refractivity (Wildman–Crippen MR) is 53.9 cm³/mol. The van der Waals surface area contributed by atoms with Crippen molar-refractivity contribution in [2.45, 2.75) is 13.3 Å². The van der Waals surface area contributed by atoms with Crippen LogP contribution in [0.2, 0.25) is 5.15 Å². The lowest BCUT2D eigenvalue weighted by Crippen LogP contribution is -1.95. The number of aryl methyl sites for hydroxylation is 1. The van der Waals surface area contributed by atoms with Crippen molar-refractivity contribution < 1.29 is 4.39 Å². The lowest BCUT2D eigenvalue weighted by molar-refractivity contribution is 0.639. The molecule has 2 rings (SSSR count). The molecule has 1 heterocycles. The molecule has 2 nitrogen and oxygen atoms in total. The van der Waals surface area contributed by atoms with Crippen molar-refractivity contribution in [3.05, 3.63) is 35.0 Å². The summed E-state index contributed by atoms with van der Waals surface area (Å²) in [5.74, 6) is 0.253. The van der Waals surface area contributed by atoms with Gasteiger partial charge in [0.2, 0.25) is 0 Å². The third-order valence-electron chi connectivity index (χ3n) is 1.99. The quantitative estimate of drug-likeness (QED) is 0.677. The van der Waals surface area contributed by atoms with Crippen LogP contribution in [-0.2, 0) is 6.42 Å². The van der Waals surface area contributed by atoms with Crippen LogP contribution in [0.3, 0.4) is 0 Å². The van der Waals surface area contributed by atoms with Crippen molar-refractivity contribution in [3.63, 3.8) is 0 Å². The molecule has 0 saturated heterocycles. The minimum atomic E-state index is -0.379. The number of halogens is 2. The van der Waals surface area contributed by atoms with Crippen molar-refractivity contribution in [2.24, 2.45) is 0 Å². The van der Waals surface area contributed by atoms with E-state index in [2.05, 4.69) is 9.97 Å². The molecule has 14 heavy (non-hydrogen) atoms. The predicted octanol–water partition coefficient (Wildman–Crippen LogP) is 2.98. The van der Waals surface area contributed by atoms with Crippen molar-refractivity contribution in [2.75, 3.05) is 0 Å². The molecular weight excluding hydrogens is 203 g/mol. The lowest BCUT2D eigenvalue weighted by atomic mass is 10.2. The van der Waals surface area contributed by atoms with Crippen LogP contribution in [0.15, 0.2) is 18.2 Å². The molecule has 0 saturated carbocycles. The van der Waals surface area contributed by atoms with Gasteiger partial charge in [-0.2, -0.15) is 0 Å². The van der Waals surface area contributed by atoms with E-state index in [1.165, 1.54) is 6.07 Å². The van der Waals surface area contributed by atoms with Gasteiger partial charge in [0.05, 0.1) is 10.9 Å². The summed E-state index contributed by atoms with van der Waals surface area (Å²) in [6.07, 6.45) is 0.687. The zero-order valence-corrected chi connectivity index (χ0v) is 8.35. The molecule has 0 bridgehead atoms. The van der Waals surface area contributed by atoms with E-state index < -0.39 is 0 Å². The van der Waals surface area contributed by atoms with Crippen molar-refractivity contribution in [1.82, 2.24) is 9.97 Å². The Bertz CT molecular complexity index is 485. The normalized spacial score (nSPS) is 10.8. The van der Waals surface area contributed by atoms with Gasteiger partial charge in [0, 0.05) is 6.42 Å². The molecule has 1 aromatic heterocycles. The molecule has 0 spiro atoms. The fraction of sp³-hybridized carbons (Fsp3) is 0.200. The average Bonchev–Trinajstić information content (AvgIpc) is 2.17. The van der Waals surface area contributed by atoms with Gasteiger partial charge in [0.25, 0.3) is 0 Å². The molecule has 0 radical (unpaired) electrons. The van der Waals surface area contributed by atoms with E-state index in [1.54, 1.807) is 12.1 Å². The summed E-state index contributed by atoms with van der Waals surface area (Å²) in [6.45, 7) is 1.93. The SMILES string of the molecule is CCc1nc(Cl)c2c(F)cccc2n1. The molecule has 0 aliphatic rings. The molecule has 1 aromatic carbocycles. The van der Waals surface area contributed by atoms with E-state index in [4.69, 9.17) is 11.6 Å². The Morgan fingerprint density at radius 3 is 2.86 bits per heavy atom. The minimum absolute atomic E-state index is 0.185. The standard InChI is InChI=1S/C10H8ClFN2/c1-2-8-13-7-5-3-4-6(12)9(7)10(11)14-8/h3-5H,2H2,1H3. The molecule has 4 heteroatoms. The van der Waals surface area contributed by atoms with Gasteiger partial charge in [-0.3, -0.25) is 0 Å². The molecule has 0 aliphatic carbocycles. The van der Waals surface area contributed by atoms with E-state index in [1.807, 2.05) is 6.92 Å². The van der Waals surface area contributed by atoms with Gasteiger partial charge in [-0.1, -0.05) is 24.6 Å². The number of benzene rings is 1. The first-order valence-electron chi connectivity index (χ1n) is 4.33. The monoisotopic (exact) mass is 210 g/mol. The lowest BCUT2D eigenvalue weighted by Gasteiger charge is -2.02. The minimum Gasteiger partial charge on any atom is -0.233 e. The Hall–Kier alpha value is -1.22. The van der Waals surface area contributed by atoms with Crippen molar-refractivity contribution >= 4 is 22.5 Å². The summed E-state index contributed by atoms with van der Waals surface area (Å²) < 4.78 is 13.3. The Labute approximate surface area is 85.8 Å². The Morgan fingerprint density at radius 2 is 2.14 bits per heavy atom. The highest BCUT2D eigenvalue weighted by molar-refractivity contribution is 6.34. The van der Waals surface area contributed by atoms with Crippen LogP contribution in [0.25, 0.3) is 10.9 Å². The van der Waals surface area contributed by atoms with Crippen LogP contribution in [-0.4, -0.2) is 9.97 Å². The highest BCUT2D eigenvalue weighted by Crippen LogP contribution is 2.23. The van der Waals surface area contributed by atoms with Crippen LogP contribution >= 0.6 is 11.6 Å². The third kappa shape index (κ3) is 1.44. The first kappa shape index (κ1) is 9.34. The number of nitrogens with zero attached hydrogens (tertiary/aromatic N) is 2. The van der Waals surface area contributed by atoms with Gasteiger partial charge < -0.3 is 0 Å². The number of fused-ring (bicyclic) bond motifs is 1. The third-order valence-corrected chi connectivity index (χ3v) is 2.26. The highest BCUT2D eigenvalue weighted by Gasteiger charge is 2.08. The first-order valence-corrected chi connectivity index (χ1v) is 4.71. The van der Waals surface area contributed by atoms with Crippen molar-refractivity contribution in [1.29, 1.82) is 0 Å². The van der Waals surface area contributed by atoms with Crippen LogP contribution in [0.4, 0.5) is 4.39 Å². The highest BCUT2D eigenvalue weighted by atomic mass is 35.5. The first-order chi connectivity index (χ1) is 6.72. The zero-order chi connectivity index (χ0) is 10.1. The maximum atomic E-state index is 13.3. The van der Waals surface area contributed by atoms with E-state index in [-0.39, 0.29) is 11.0 Å². The summed E-state index contributed by atoms with van der Waals surface area (Å²) in [5, 5.41) is 0.483. The second-order valence-electron chi connectivity index (χ2n) is 2.92. The van der Waals surface area contributed by atoms with Gasteiger partial charge >= 0.3 is 0 Å². The topological polar surface area (TPSA) is 25.8 Å². The summed E-state index contributed by atoms with van der Waals surface area (Å²) in [7, 11) is 0. The van der Waals surface area contributed by atoms with Gasteiger partial charge in [-0.25, -0.2) is 14.4 Å². The second-order valence-corrected chi connectivity index (χ2v) is 3.28. The largest absolute Gasteiger partial charge is 0.233 e. The van der Waals surface area contributed by atoms with Gasteiger partial charge in [0.15, 0.2) is 0 Å². The number of hydrogen-bond acceptors (Lipinski definition) is 2. The van der Waals surface area contributed by atoms with Gasteiger partial charge in [0.1, 0.15) is 16.8 Å². The molecule has 0 unspecified atom stereocenters. The van der Waals surface area contributed by atoms with E-state index in [0.717, 1.165) is 0 Å². The summed E-state index contributed by atoms with van der Waals surface area (Å²) >= 11 is 5.86. The summed E-state index contributed by atoms with van der Waals surface area (Å²) in [4.78, 5) is 8.17. The van der Waals surface area contributed by atoms with Crippen LogP contribution < -0.4 is 0 Å². The molecule has 0 atom stereocenters. The number of rotatable bonds is 1. The number of aromatic nitrogens is 2. The Morgan fingerprint density at radius 1 is 1.36 bits per heavy atom. The van der Waals surface area contributed by atoms with Gasteiger partial charge in [-0.05, 0) is 12.1 Å². The maximum Gasteiger partial charge on any atom is 0.143 e. The van der Waals surface area contributed by atoms with Crippen LogP contribution in [0.1, 0.15) is 12.7 Å². The van der Waals surface area contributed by atoms with Crippen molar-refractivity contribution in [3.8, 4) is 0 Å². The van der Waals surface area contributed by atoms with Gasteiger partial charge in [-0.15, -0.1) is 0 Å². The molecule has 2 aromatic rings. The summed E-state index contributed by atoms with van der Waals surface area (Å²) in [5.41, 5.74) is 0.557. The molecular formula is C10H8ClFN2. The molecule has 72 valence electrons. The van der Waals surface area contributed by atoms with E-state index >= 15 is 0 Å². The second kappa shape index (κ2) is 3.50. The van der Waals surface area contributed by atoms with Crippen LogP contribution in [0.5, 0.6) is 0 Å². The average molecular weight is 211 g/mol.